The number of hydrogen-bond donors (Lipinski definition) is 2. The average molecular weight is 411 g/mol. The van der Waals surface area contributed by atoms with E-state index >= 15 is 0 Å². The monoisotopic (exact) mass is 410 g/mol. The van der Waals surface area contributed by atoms with Crippen LogP contribution in [0.4, 0.5) is 17.6 Å². The molecule has 0 fully saturated rings. The van der Waals surface area contributed by atoms with E-state index in [1.54, 1.807) is 18.2 Å². The van der Waals surface area contributed by atoms with Crippen LogP contribution in [0, 0.1) is 5.82 Å². The highest BCUT2D eigenvalue weighted by Crippen LogP contribution is 2.32. The van der Waals surface area contributed by atoms with Crippen molar-refractivity contribution >= 4 is 40.5 Å². The van der Waals surface area contributed by atoms with Gasteiger partial charge in [-0.2, -0.15) is 13.2 Å². The molecule has 0 aromatic heterocycles. The number of hydrogen-bond acceptors (Lipinski definition) is 1. The van der Waals surface area contributed by atoms with Gasteiger partial charge in [0.1, 0.15) is 5.82 Å². The summed E-state index contributed by atoms with van der Waals surface area (Å²) in [5.41, 5.74) is -0.626. The SMILES string of the molecule is Fc1c(CNC(=S)NCc2ccc(Cl)c(Cl)c2)cccc1C(F)(F)F. The minimum absolute atomic E-state index is 0.131. The first-order chi connectivity index (χ1) is 11.7. The predicted molar refractivity (Wildman–Crippen MR) is 94.1 cm³/mol. The average Bonchev–Trinajstić information content (AvgIpc) is 2.54. The Hall–Kier alpha value is -1.57. The van der Waals surface area contributed by atoms with Crippen LogP contribution in [0.5, 0.6) is 0 Å². The fraction of sp³-hybridized carbons (Fsp3) is 0.188. The number of alkyl halides is 3. The summed E-state index contributed by atoms with van der Waals surface area (Å²) in [4.78, 5) is 0. The molecular formula is C16H12Cl2F4N2S. The van der Waals surface area contributed by atoms with Crippen molar-refractivity contribution in [1.82, 2.24) is 10.6 Å². The third-order valence-electron chi connectivity index (χ3n) is 3.26. The Kier molecular flexibility index (Phi) is 6.48. The highest BCUT2D eigenvalue weighted by molar-refractivity contribution is 7.80. The van der Waals surface area contributed by atoms with E-state index in [0.717, 1.165) is 11.6 Å². The molecule has 0 unspecified atom stereocenters. The van der Waals surface area contributed by atoms with Crippen LogP contribution < -0.4 is 10.6 Å². The zero-order valence-corrected chi connectivity index (χ0v) is 14.9. The summed E-state index contributed by atoms with van der Waals surface area (Å²) < 4.78 is 51.9. The first-order valence-corrected chi connectivity index (χ1v) is 8.15. The molecule has 2 N–H and O–H groups in total. The first kappa shape index (κ1) is 19.8. The first-order valence-electron chi connectivity index (χ1n) is 6.98. The number of nitrogens with one attached hydrogen (secondary N) is 2. The summed E-state index contributed by atoms with van der Waals surface area (Å²) in [7, 11) is 0. The Bertz CT molecular complexity index is 781. The molecule has 2 rings (SSSR count). The third kappa shape index (κ3) is 5.45. The second-order valence-corrected chi connectivity index (χ2v) is 6.28. The number of rotatable bonds is 4. The van der Waals surface area contributed by atoms with Crippen LogP contribution in [-0.4, -0.2) is 5.11 Å². The minimum atomic E-state index is -4.74. The van der Waals surface area contributed by atoms with Crippen molar-refractivity contribution in [2.24, 2.45) is 0 Å². The molecule has 9 heteroatoms. The summed E-state index contributed by atoms with van der Waals surface area (Å²) in [6, 6.07) is 8.14. The van der Waals surface area contributed by atoms with Crippen molar-refractivity contribution in [1.29, 1.82) is 0 Å². The molecule has 0 aliphatic carbocycles. The topological polar surface area (TPSA) is 24.1 Å². The molecule has 0 saturated carbocycles. The van der Waals surface area contributed by atoms with Gasteiger partial charge in [-0.3, -0.25) is 0 Å². The van der Waals surface area contributed by atoms with E-state index in [1.807, 2.05) is 0 Å². The zero-order valence-electron chi connectivity index (χ0n) is 12.6. The lowest BCUT2D eigenvalue weighted by molar-refractivity contribution is -0.140. The van der Waals surface area contributed by atoms with Gasteiger partial charge in [0.25, 0.3) is 0 Å². The van der Waals surface area contributed by atoms with E-state index in [1.165, 1.54) is 6.07 Å². The van der Waals surface area contributed by atoms with Crippen LogP contribution in [0.2, 0.25) is 10.0 Å². The maximum absolute atomic E-state index is 13.9. The maximum atomic E-state index is 13.9. The third-order valence-corrected chi connectivity index (χ3v) is 4.29. The molecule has 25 heavy (non-hydrogen) atoms. The Morgan fingerprint density at radius 1 is 1.00 bits per heavy atom. The molecule has 2 aromatic rings. The lowest BCUT2D eigenvalue weighted by Crippen LogP contribution is -2.34. The molecule has 0 saturated heterocycles. The van der Waals surface area contributed by atoms with Crippen LogP contribution in [0.25, 0.3) is 0 Å². The molecule has 0 amide bonds. The number of benzene rings is 2. The van der Waals surface area contributed by atoms with Gasteiger partial charge in [0.2, 0.25) is 0 Å². The second kappa shape index (κ2) is 8.21. The van der Waals surface area contributed by atoms with Gasteiger partial charge < -0.3 is 10.6 Å². The lowest BCUT2D eigenvalue weighted by atomic mass is 10.1. The van der Waals surface area contributed by atoms with Gasteiger partial charge in [0.15, 0.2) is 5.11 Å². The molecule has 0 heterocycles. The van der Waals surface area contributed by atoms with Gasteiger partial charge in [0, 0.05) is 18.7 Å². The Morgan fingerprint density at radius 3 is 2.32 bits per heavy atom. The van der Waals surface area contributed by atoms with Gasteiger partial charge in [-0.1, -0.05) is 41.4 Å². The lowest BCUT2D eigenvalue weighted by Gasteiger charge is -2.14. The van der Waals surface area contributed by atoms with E-state index < -0.39 is 17.6 Å². The Morgan fingerprint density at radius 2 is 1.68 bits per heavy atom. The van der Waals surface area contributed by atoms with Crippen LogP contribution >= 0.6 is 35.4 Å². The van der Waals surface area contributed by atoms with Crippen LogP contribution in [-0.2, 0) is 19.3 Å². The van der Waals surface area contributed by atoms with Crippen molar-refractivity contribution in [3.8, 4) is 0 Å². The largest absolute Gasteiger partial charge is 0.419 e. The van der Waals surface area contributed by atoms with Crippen molar-refractivity contribution < 1.29 is 17.6 Å². The quantitative estimate of drug-likeness (QED) is 0.527. The van der Waals surface area contributed by atoms with E-state index in [4.69, 9.17) is 35.4 Å². The van der Waals surface area contributed by atoms with E-state index in [-0.39, 0.29) is 17.2 Å². The van der Waals surface area contributed by atoms with Crippen molar-refractivity contribution in [3.05, 3.63) is 69.0 Å². The smallest absolute Gasteiger partial charge is 0.359 e. The summed E-state index contributed by atoms with van der Waals surface area (Å²) in [6.45, 7) is 0.150. The van der Waals surface area contributed by atoms with Gasteiger partial charge in [0.05, 0.1) is 15.6 Å². The normalized spacial score (nSPS) is 11.3. The van der Waals surface area contributed by atoms with Gasteiger partial charge in [-0.05, 0) is 36.0 Å². The summed E-state index contributed by atoms with van der Waals surface area (Å²) in [5.74, 6) is -1.31. The van der Waals surface area contributed by atoms with Crippen LogP contribution in [0.1, 0.15) is 16.7 Å². The zero-order chi connectivity index (χ0) is 18.6. The predicted octanol–water partition coefficient (Wildman–Crippen LogP) is 5.32. The standard InChI is InChI=1S/C16H12Cl2F4N2S/c17-12-5-4-9(6-13(12)18)7-23-15(25)24-8-10-2-1-3-11(14(10)19)16(20,21)22/h1-6H,7-8H2,(H2,23,24,25). The minimum Gasteiger partial charge on any atom is -0.359 e. The van der Waals surface area contributed by atoms with Crippen molar-refractivity contribution in [2.75, 3.05) is 0 Å². The summed E-state index contributed by atoms with van der Waals surface area (Å²) >= 11 is 16.7. The van der Waals surface area contributed by atoms with Gasteiger partial charge in [-0.25, -0.2) is 4.39 Å². The molecule has 2 aromatic carbocycles. The molecule has 0 aliphatic rings. The van der Waals surface area contributed by atoms with Crippen molar-refractivity contribution in [3.63, 3.8) is 0 Å². The van der Waals surface area contributed by atoms with Gasteiger partial charge >= 0.3 is 6.18 Å². The highest BCUT2D eigenvalue weighted by Gasteiger charge is 2.34. The summed E-state index contributed by atoms with van der Waals surface area (Å²) in [5, 5.41) is 6.51. The molecule has 0 radical (unpaired) electrons. The Balaban J connectivity index is 1.93. The maximum Gasteiger partial charge on any atom is 0.419 e. The van der Waals surface area contributed by atoms with Crippen LogP contribution in [0.15, 0.2) is 36.4 Å². The molecule has 0 aliphatic heterocycles. The number of thiocarbonyl (C=S) groups is 1. The van der Waals surface area contributed by atoms with E-state index in [2.05, 4.69) is 10.6 Å². The molecule has 134 valence electrons. The Labute approximate surface area is 157 Å². The van der Waals surface area contributed by atoms with Crippen molar-refractivity contribution in [2.45, 2.75) is 19.3 Å². The van der Waals surface area contributed by atoms with E-state index in [0.29, 0.717) is 22.7 Å². The number of halogens is 6. The van der Waals surface area contributed by atoms with Gasteiger partial charge in [-0.15, -0.1) is 0 Å². The van der Waals surface area contributed by atoms with E-state index in [9.17, 15) is 17.6 Å². The molecular weight excluding hydrogens is 399 g/mol. The second-order valence-electron chi connectivity index (χ2n) is 5.06. The molecule has 2 nitrogen and oxygen atoms in total. The fourth-order valence-electron chi connectivity index (χ4n) is 2.01. The highest BCUT2D eigenvalue weighted by atomic mass is 35.5. The molecule has 0 spiro atoms. The molecule has 0 atom stereocenters. The fourth-order valence-corrected chi connectivity index (χ4v) is 2.47. The van der Waals surface area contributed by atoms with Crippen LogP contribution in [0.3, 0.4) is 0 Å². The summed E-state index contributed by atoms with van der Waals surface area (Å²) in [6.07, 6.45) is -4.74. The molecule has 0 bridgehead atoms.